The summed E-state index contributed by atoms with van der Waals surface area (Å²) in [6.07, 6.45) is 8.62. The average molecular weight is 284 g/mol. The van der Waals surface area contributed by atoms with Gasteiger partial charge in [-0.3, -0.25) is 0 Å². The van der Waals surface area contributed by atoms with Crippen LogP contribution in [0.25, 0.3) is 0 Å². The van der Waals surface area contributed by atoms with E-state index < -0.39 is 0 Å². The molecule has 0 N–H and O–H groups in total. The number of hydrogen-bond acceptors (Lipinski definition) is 2. The van der Waals surface area contributed by atoms with Crippen LogP contribution in [-0.2, 0) is 4.74 Å². The molecular weight excluding hydrogens is 260 g/mol. The normalized spacial score (nSPS) is 24.0. The van der Waals surface area contributed by atoms with E-state index in [2.05, 4.69) is 24.8 Å². The molecule has 2 aliphatic carbocycles. The molecule has 0 heterocycles. The van der Waals surface area contributed by atoms with Gasteiger partial charge in [-0.25, -0.2) is 0 Å². The van der Waals surface area contributed by atoms with Crippen molar-refractivity contribution in [1.29, 1.82) is 0 Å². The molecule has 112 valence electrons. The Morgan fingerprint density at radius 2 is 1.67 bits per heavy atom. The maximum Gasteiger partial charge on any atom is 0.118 e. The van der Waals surface area contributed by atoms with E-state index in [0.717, 1.165) is 11.5 Å². The third-order valence-electron chi connectivity index (χ3n) is 5.25. The van der Waals surface area contributed by atoms with Gasteiger partial charge in [0.1, 0.15) is 11.5 Å². The third-order valence-corrected chi connectivity index (χ3v) is 5.25. The average Bonchev–Trinajstić information content (AvgIpc) is 2.81. The highest BCUT2D eigenvalue weighted by molar-refractivity contribution is 5.47. The Balaban J connectivity index is 1.99. The van der Waals surface area contributed by atoms with Gasteiger partial charge in [-0.05, 0) is 42.2 Å². The maximum absolute atomic E-state index is 5.58. The lowest BCUT2D eigenvalue weighted by molar-refractivity contribution is 0.216. The summed E-state index contributed by atoms with van der Waals surface area (Å²) >= 11 is 0. The van der Waals surface area contributed by atoms with Crippen molar-refractivity contribution >= 4 is 0 Å². The minimum Gasteiger partial charge on any atom is -0.497 e. The lowest BCUT2D eigenvalue weighted by Gasteiger charge is -2.40. The second-order valence-electron chi connectivity index (χ2n) is 6.18. The van der Waals surface area contributed by atoms with Gasteiger partial charge in [-0.2, -0.15) is 0 Å². The Bertz CT molecular complexity index is 547. The molecule has 0 aromatic heterocycles. The molecular formula is C19H24O2. The summed E-state index contributed by atoms with van der Waals surface area (Å²) in [5.41, 5.74) is 2.70. The van der Waals surface area contributed by atoms with E-state index in [1.54, 1.807) is 14.2 Å². The predicted octanol–water partition coefficient (Wildman–Crippen LogP) is 4.83. The zero-order valence-electron chi connectivity index (χ0n) is 13.0. The Labute approximate surface area is 127 Å². The van der Waals surface area contributed by atoms with Crippen molar-refractivity contribution in [2.24, 2.45) is 5.41 Å². The van der Waals surface area contributed by atoms with Crippen LogP contribution in [0.15, 0.2) is 48.3 Å². The highest BCUT2D eigenvalue weighted by Crippen LogP contribution is 2.58. The molecule has 0 saturated heterocycles. The molecule has 3 rings (SSSR count). The van der Waals surface area contributed by atoms with E-state index in [1.165, 1.54) is 43.2 Å². The first-order chi connectivity index (χ1) is 10.2. The van der Waals surface area contributed by atoms with Gasteiger partial charge < -0.3 is 9.47 Å². The van der Waals surface area contributed by atoms with Crippen LogP contribution in [0.1, 0.15) is 43.6 Å². The molecule has 1 aromatic rings. The second-order valence-corrected chi connectivity index (χ2v) is 6.18. The summed E-state index contributed by atoms with van der Waals surface area (Å²) in [5.74, 6) is 2.27. The summed E-state index contributed by atoms with van der Waals surface area (Å²) in [7, 11) is 3.46. The molecule has 1 spiro atoms. The molecule has 0 amide bonds. The summed E-state index contributed by atoms with van der Waals surface area (Å²) in [6.45, 7) is 4.37. The van der Waals surface area contributed by atoms with Gasteiger partial charge in [0.25, 0.3) is 0 Å². The van der Waals surface area contributed by atoms with E-state index in [1.807, 2.05) is 12.1 Å². The Morgan fingerprint density at radius 3 is 2.24 bits per heavy atom. The quantitative estimate of drug-likeness (QED) is 0.791. The van der Waals surface area contributed by atoms with Crippen molar-refractivity contribution < 1.29 is 9.47 Å². The van der Waals surface area contributed by atoms with Gasteiger partial charge in [0, 0.05) is 11.3 Å². The fourth-order valence-electron chi connectivity index (χ4n) is 4.06. The van der Waals surface area contributed by atoms with Gasteiger partial charge in [0.05, 0.1) is 14.2 Å². The SMILES string of the molecule is C=C1C(OC)=C[C@@H](c2ccc(OC)cc2)C12CCCCC2. The Hall–Kier alpha value is -1.70. The lowest BCUT2D eigenvalue weighted by atomic mass is 9.63. The standard InChI is InChI=1S/C19H24O2/c1-14-18(21-3)13-17(19(14)11-5-4-6-12-19)15-7-9-16(20-2)10-8-15/h7-10,13,17H,1,4-6,11-12H2,2-3H3/t17-/m0/s1. The second kappa shape index (κ2) is 5.59. The maximum atomic E-state index is 5.58. The zero-order chi connectivity index (χ0) is 14.9. The van der Waals surface area contributed by atoms with Gasteiger partial charge in [0.2, 0.25) is 0 Å². The number of methoxy groups -OCH3 is 2. The van der Waals surface area contributed by atoms with E-state index in [0.29, 0.717) is 5.92 Å². The fourth-order valence-corrected chi connectivity index (χ4v) is 4.06. The first-order valence-corrected chi connectivity index (χ1v) is 7.81. The highest BCUT2D eigenvalue weighted by atomic mass is 16.5. The molecule has 1 fully saturated rings. The highest BCUT2D eigenvalue weighted by Gasteiger charge is 2.47. The van der Waals surface area contributed by atoms with E-state index >= 15 is 0 Å². The summed E-state index contributed by atoms with van der Waals surface area (Å²) < 4.78 is 10.9. The molecule has 2 aliphatic rings. The van der Waals surface area contributed by atoms with Crippen LogP contribution in [0.5, 0.6) is 5.75 Å². The Morgan fingerprint density at radius 1 is 1.00 bits per heavy atom. The van der Waals surface area contributed by atoms with Crippen molar-refractivity contribution in [3.63, 3.8) is 0 Å². The molecule has 0 bridgehead atoms. The van der Waals surface area contributed by atoms with Gasteiger partial charge in [-0.1, -0.05) is 38.0 Å². The van der Waals surface area contributed by atoms with Crippen LogP contribution in [0.3, 0.4) is 0 Å². The van der Waals surface area contributed by atoms with E-state index in [4.69, 9.17) is 9.47 Å². The molecule has 0 radical (unpaired) electrons. The number of allylic oxidation sites excluding steroid dienone is 2. The van der Waals surface area contributed by atoms with Crippen LogP contribution in [0.4, 0.5) is 0 Å². The van der Waals surface area contributed by atoms with Crippen LogP contribution >= 0.6 is 0 Å². The van der Waals surface area contributed by atoms with Crippen LogP contribution in [0, 0.1) is 5.41 Å². The van der Waals surface area contributed by atoms with Gasteiger partial charge >= 0.3 is 0 Å². The van der Waals surface area contributed by atoms with Gasteiger partial charge in [-0.15, -0.1) is 0 Å². The van der Waals surface area contributed by atoms with Gasteiger partial charge in [0.15, 0.2) is 0 Å². The minimum atomic E-state index is 0.165. The molecule has 0 aliphatic heterocycles. The molecule has 1 saturated carbocycles. The van der Waals surface area contributed by atoms with E-state index in [-0.39, 0.29) is 5.41 Å². The molecule has 2 nitrogen and oxygen atoms in total. The summed E-state index contributed by atoms with van der Waals surface area (Å²) in [6, 6.07) is 8.46. The topological polar surface area (TPSA) is 18.5 Å². The number of ether oxygens (including phenoxy) is 2. The van der Waals surface area contributed by atoms with Crippen molar-refractivity contribution in [2.75, 3.05) is 14.2 Å². The van der Waals surface area contributed by atoms with Crippen molar-refractivity contribution in [2.45, 2.75) is 38.0 Å². The number of benzene rings is 1. The number of rotatable bonds is 3. The first-order valence-electron chi connectivity index (χ1n) is 7.81. The van der Waals surface area contributed by atoms with Crippen molar-refractivity contribution in [1.82, 2.24) is 0 Å². The summed E-state index contributed by atoms with van der Waals surface area (Å²) in [5, 5.41) is 0. The monoisotopic (exact) mass is 284 g/mol. The predicted molar refractivity (Wildman–Crippen MR) is 85.5 cm³/mol. The summed E-state index contributed by atoms with van der Waals surface area (Å²) in [4.78, 5) is 0. The van der Waals surface area contributed by atoms with Crippen LogP contribution in [-0.4, -0.2) is 14.2 Å². The van der Waals surface area contributed by atoms with Crippen molar-refractivity contribution in [3.8, 4) is 5.75 Å². The fraction of sp³-hybridized carbons (Fsp3) is 0.474. The zero-order valence-corrected chi connectivity index (χ0v) is 13.0. The lowest BCUT2D eigenvalue weighted by Crippen LogP contribution is -2.29. The van der Waals surface area contributed by atoms with Crippen LogP contribution in [0.2, 0.25) is 0 Å². The first kappa shape index (κ1) is 14.2. The minimum absolute atomic E-state index is 0.165. The molecule has 1 aromatic carbocycles. The largest absolute Gasteiger partial charge is 0.497 e. The van der Waals surface area contributed by atoms with Crippen molar-refractivity contribution in [3.05, 3.63) is 53.8 Å². The molecule has 0 unspecified atom stereocenters. The molecule has 1 atom stereocenters. The molecule has 2 heteroatoms. The number of hydrogen-bond donors (Lipinski definition) is 0. The Kier molecular flexibility index (Phi) is 3.79. The third kappa shape index (κ3) is 2.27. The van der Waals surface area contributed by atoms with Crippen LogP contribution < -0.4 is 4.74 Å². The molecule has 21 heavy (non-hydrogen) atoms. The smallest absolute Gasteiger partial charge is 0.118 e. The van der Waals surface area contributed by atoms with E-state index in [9.17, 15) is 0 Å².